The Morgan fingerprint density at radius 3 is 2.53 bits per heavy atom. The summed E-state index contributed by atoms with van der Waals surface area (Å²) in [5.41, 5.74) is 1.14. The van der Waals surface area contributed by atoms with E-state index < -0.39 is 0 Å². The van der Waals surface area contributed by atoms with Crippen molar-refractivity contribution in [3.05, 3.63) is 54.1 Å². The molecule has 0 aliphatic carbocycles. The van der Waals surface area contributed by atoms with Crippen molar-refractivity contribution in [1.29, 1.82) is 0 Å². The molecule has 1 N–H and O–H groups in total. The third-order valence-electron chi connectivity index (χ3n) is 2.55. The van der Waals surface area contributed by atoms with Gasteiger partial charge in [0.15, 0.2) is 0 Å². The van der Waals surface area contributed by atoms with Crippen LogP contribution in [0.4, 0.5) is 5.82 Å². The normalized spacial score (nSPS) is 11.9. The van der Waals surface area contributed by atoms with E-state index in [0.29, 0.717) is 5.88 Å². The molecule has 0 spiro atoms. The molecule has 0 aliphatic heterocycles. The maximum atomic E-state index is 5.79. The molecule has 0 fully saturated rings. The first-order valence-electron chi connectivity index (χ1n) is 5.66. The van der Waals surface area contributed by atoms with Crippen LogP contribution in [0.1, 0.15) is 18.6 Å². The lowest BCUT2D eigenvalue weighted by Crippen LogP contribution is -2.04. The molecular formula is C14H16N2O. The Morgan fingerprint density at radius 2 is 1.82 bits per heavy atom. The summed E-state index contributed by atoms with van der Waals surface area (Å²) in [5.74, 6) is 1.44. The highest BCUT2D eigenvalue weighted by Gasteiger charge is 2.07. The van der Waals surface area contributed by atoms with E-state index in [0.717, 1.165) is 11.4 Å². The van der Waals surface area contributed by atoms with Crippen LogP contribution in [0.25, 0.3) is 0 Å². The predicted octanol–water partition coefficient (Wildman–Crippen LogP) is 3.26. The Morgan fingerprint density at radius 1 is 1.06 bits per heavy atom. The van der Waals surface area contributed by atoms with Crippen molar-refractivity contribution >= 4 is 5.82 Å². The summed E-state index contributed by atoms with van der Waals surface area (Å²) in [4.78, 5) is 4.32. The second-order valence-corrected chi connectivity index (χ2v) is 3.78. The second-order valence-electron chi connectivity index (χ2n) is 3.78. The molecule has 3 nitrogen and oxygen atoms in total. The van der Waals surface area contributed by atoms with Gasteiger partial charge in [-0.2, -0.15) is 4.98 Å². The second kappa shape index (κ2) is 5.34. The zero-order valence-corrected chi connectivity index (χ0v) is 10.1. The number of rotatable bonds is 4. The van der Waals surface area contributed by atoms with E-state index in [9.17, 15) is 0 Å². The first-order valence-corrected chi connectivity index (χ1v) is 5.66. The van der Waals surface area contributed by atoms with Crippen LogP contribution in [-0.4, -0.2) is 12.0 Å². The van der Waals surface area contributed by atoms with Gasteiger partial charge in [-0.25, -0.2) is 0 Å². The van der Waals surface area contributed by atoms with Gasteiger partial charge in [-0.3, -0.25) is 0 Å². The van der Waals surface area contributed by atoms with Crippen LogP contribution in [-0.2, 0) is 0 Å². The number of nitrogens with one attached hydrogen (secondary N) is 1. The molecule has 1 heterocycles. The minimum atomic E-state index is -0.00388. The van der Waals surface area contributed by atoms with Crippen molar-refractivity contribution in [2.24, 2.45) is 0 Å². The summed E-state index contributed by atoms with van der Waals surface area (Å²) in [5, 5.41) is 2.99. The average molecular weight is 228 g/mol. The summed E-state index contributed by atoms with van der Waals surface area (Å²) < 4.78 is 5.79. The van der Waals surface area contributed by atoms with Gasteiger partial charge in [0.1, 0.15) is 11.9 Å². The smallest absolute Gasteiger partial charge is 0.215 e. The molecule has 0 radical (unpaired) electrons. The molecule has 1 atom stereocenters. The number of hydrogen-bond acceptors (Lipinski definition) is 3. The Labute approximate surface area is 101 Å². The van der Waals surface area contributed by atoms with E-state index in [2.05, 4.69) is 10.3 Å². The van der Waals surface area contributed by atoms with Gasteiger partial charge in [-0.15, -0.1) is 0 Å². The standard InChI is InChI=1S/C14H16N2O/c1-11(12-7-4-3-5-8-12)17-14-10-6-9-13(15-2)16-14/h3-11H,1-2H3,(H,15,16). The fourth-order valence-electron chi connectivity index (χ4n) is 1.59. The van der Waals surface area contributed by atoms with Crippen LogP contribution in [0.5, 0.6) is 5.88 Å². The molecule has 1 aromatic carbocycles. The Hall–Kier alpha value is -2.03. The zero-order chi connectivity index (χ0) is 12.1. The number of ether oxygens (including phenoxy) is 1. The minimum absolute atomic E-state index is 0.00388. The third-order valence-corrected chi connectivity index (χ3v) is 2.55. The van der Waals surface area contributed by atoms with Gasteiger partial charge in [-0.1, -0.05) is 36.4 Å². The summed E-state index contributed by atoms with van der Waals surface area (Å²) >= 11 is 0. The largest absolute Gasteiger partial charge is 0.470 e. The number of benzene rings is 1. The van der Waals surface area contributed by atoms with Gasteiger partial charge in [0.25, 0.3) is 0 Å². The molecule has 0 amide bonds. The monoisotopic (exact) mass is 228 g/mol. The van der Waals surface area contributed by atoms with Crippen LogP contribution in [0, 0.1) is 0 Å². The van der Waals surface area contributed by atoms with Gasteiger partial charge < -0.3 is 10.1 Å². The molecule has 0 aliphatic rings. The van der Waals surface area contributed by atoms with Crippen LogP contribution >= 0.6 is 0 Å². The summed E-state index contributed by atoms with van der Waals surface area (Å²) in [7, 11) is 1.84. The van der Waals surface area contributed by atoms with Crippen LogP contribution in [0.15, 0.2) is 48.5 Å². The van der Waals surface area contributed by atoms with E-state index in [-0.39, 0.29) is 6.10 Å². The number of pyridine rings is 1. The molecule has 0 saturated heterocycles. The molecular weight excluding hydrogens is 212 g/mol. The van der Waals surface area contributed by atoms with Gasteiger partial charge in [0, 0.05) is 13.1 Å². The lowest BCUT2D eigenvalue weighted by molar-refractivity contribution is 0.218. The molecule has 0 saturated carbocycles. The maximum absolute atomic E-state index is 5.79. The Kier molecular flexibility index (Phi) is 3.60. The molecule has 0 bridgehead atoms. The lowest BCUT2D eigenvalue weighted by atomic mass is 10.1. The molecule has 17 heavy (non-hydrogen) atoms. The molecule has 88 valence electrons. The lowest BCUT2D eigenvalue weighted by Gasteiger charge is -2.14. The summed E-state index contributed by atoms with van der Waals surface area (Å²) in [6.45, 7) is 2.02. The van der Waals surface area contributed by atoms with Gasteiger partial charge >= 0.3 is 0 Å². The zero-order valence-electron chi connectivity index (χ0n) is 10.1. The fourth-order valence-corrected chi connectivity index (χ4v) is 1.59. The average Bonchev–Trinajstić information content (AvgIpc) is 2.40. The molecule has 2 rings (SSSR count). The van der Waals surface area contributed by atoms with Gasteiger partial charge in [0.05, 0.1) is 0 Å². The topological polar surface area (TPSA) is 34.1 Å². The number of nitrogens with zero attached hydrogens (tertiary/aromatic N) is 1. The first kappa shape index (κ1) is 11.5. The first-order chi connectivity index (χ1) is 8.29. The van der Waals surface area contributed by atoms with E-state index in [1.807, 2.05) is 62.5 Å². The van der Waals surface area contributed by atoms with Crippen LogP contribution < -0.4 is 10.1 Å². The van der Waals surface area contributed by atoms with Crippen molar-refractivity contribution in [2.75, 3.05) is 12.4 Å². The Bertz CT molecular complexity index is 471. The maximum Gasteiger partial charge on any atom is 0.215 e. The number of aromatic nitrogens is 1. The highest BCUT2D eigenvalue weighted by Crippen LogP contribution is 2.20. The van der Waals surface area contributed by atoms with E-state index >= 15 is 0 Å². The fraction of sp³-hybridized carbons (Fsp3) is 0.214. The highest BCUT2D eigenvalue weighted by atomic mass is 16.5. The molecule has 1 aromatic heterocycles. The van der Waals surface area contributed by atoms with Crippen molar-refractivity contribution in [3.8, 4) is 5.88 Å². The number of anilines is 1. The van der Waals surface area contributed by atoms with Gasteiger partial charge in [0.2, 0.25) is 5.88 Å². The minimum Gasteiger partial charge on any atom is -0.470 e. The summed E-state index contributed by atoms with van der Waals surface area (Å²) in [6.07, 6.45) is -0.00388. The highest BCUT2D eigenvalue weighted by molar-refractivity contribution is 5.36. The number of hydrogen-bond donors (Lipinski definition) is 1. The van der Waals surface area contributed by atoms with E-state index in [1.54, 1.807) is 0 Å². The SMILES string of the molecule is CNc1cccc(OC(C)c2ccccc2)n1. The predicted molar refractivity (Wildman–Crippen MR) is 69.3 cm³/mol. The molecule has 2 aromatic rings. The summed E-state index contributed by atoms with van der Waals surface area (Å²) in [6, 6.07) is 15.8. The van der Waals surface area contributed by atoms with Crippen molar-refractivity contribution in [2.45, 2.75) is 13.0 Å². The van der Waals surface area contributed by atoms with Gasteiger partial charge in [-0.05, 0) is 18.6 Å². The van der Waals surface area contributed by atoms with E-state index in [4.69, 9.17) is 4.74 Å². The Balaban J connectivity index is 2.10. The van der Waals surface area contributed by atoms with Crippen molar-refractivity contribution in [1.82, 2.24) is 4.98 Å². The molecule has 1 unspecified atom stereocenters. The van der Waals surface area contributed by atoms with Crippen LogP contribution in [0.2, 0.25) is 0 Å². The quantitative estimate of drug-likeness (QED) is 0.872. The third kappa shape index (κ3) is 2.97. The van der Waals surface area contributed by atoms with Crippen molar-refractivity contribution in [3.63, 3.8) is 0 Å². The van der Waals surface area contributed by atoms with E-state index in [1.165, 1.54) is 0 Å². The van der Waals surface area contributed by atoms with Crippen molar-refractivity contribution < 1.29 is 4.74 Å². The molecule has 3 heteroatoms. The van der Waals surface area contributed by atoms with Crippen LogP contribution in [0.3, 0.4) is 0 Å².